The molecule has 2 aromatic rings. The Kier molecular flexibility index (Phi) is 5.22. The van der Waals surface area contributed by atoms with Crippen LogP contribution in [0.15, 0.2) is 53.4 Å². The predicted molar refractivity (Wildman–Crippen MR) is 84.0 cm³/mol. The van der Waals surface area contributed by atoms with E-state index >= 15 is 0 Å². The van der Waals surface area contributed by atoms with Crippen LogP contribution in [0.4, 0.5) is 5.69 Å². The molecule has 2 aromatic carbocycles. The minimum atomic E-state index is -3.63. The molecule has 0 spiro atoms. The number of aryl methyl sites for hydroxylation is 1. The lowest BCUT2D eigenvalue weighted by Gasteiger charge is -2.09. The lowest BCUT2D eigenvalue weighted by Crippen LogP contribution is -2.13. The Morgan fingerprint density at radius 1 is 1.05 bits per heavy atom. The number of nitrogens with one attached hydrogen (secondary N) is 1. The number of benzene rings is 2. The number of sulfonamides is 1. The molecule has 0 unspecified atom stereocenters. The van der Waals surface area contributed by atoms with Crippen molar-refractivity contribution in [3.8, 4) is 0 Å². The van der Waals surface area contributed by atoms with Crippen molar-refractivity contribution in [3.63, 3.8) is 0 Å². The molecule has 0 aliphatic carbocycles. The third kappa shape index (κ3) is 4.20. The number of aliphatic hydroxyl groups is 1. The van der Waals surface area contributed by atoms with Gasteiger partial charge in [0, 0.05) is 11.6 Å². The average molecular weight is 326 g/mol. The average Bonchev–Trinajstić information content (AvgIpc) is 2.48. The molecular weight excluding hydrogens is 310 g/mol. The maximum Gasteiger partial charge on any atom is 0.261 e. The molecule has 0 fully saturated rings. The van der Waals surface area contributed by atoms with Crippen LogP contribution >= 0.6 is 11.6 Å². The number of hydrogen-bond donors (Lipinski definition) is 2. The van der Waals surface area contributed by atoms with Gasteiger partial charge in [-0.2, -0.15) is 0 Å². The largest absolute Gasteiger partial charge is 0.392 e. The number of anilines is 1. The molecule has 6 heteroatoms. The van der Waals surface area contributed by atoms with E-state index in [4.69, 9.17) is 16.7 Å². The van der Waals surface area contributed by atoms with Crippen LogP contribution in [-0.4, -0.2) is 19.4 Å². The molecule has 0 aliphatic heterocycles. The molecule has 0 aliphatic rings. The van der Waals surface area contributed by atoms with Crippen LogP contribution in [0.2, 0.25) is 0 Å². The van der Waals surface area contributed by atoms with Gasteiger partial charge in [0.1, 0.15) is 0 Å². The van der Waals surface area contributed by atoms with Gasteiger partial charge in [0.15, 0.2) is 0 Å². The monoisotopic (exact) mass is 325 g/mol. The maximum atomic E-state index is 12.3. The highest BCUT2D eigenvalue weighted by atomic mass is 35.5. The maximum absolute atomic E-state index is 12.3. The number of aliphatic hydroxyl groups excluding tert-OH is 1. The Labute approximate surface area is 129 Å². The normalized spacial score (nSPS) is 11.3. The first-order chi connectivity index (χ1) is 10.0. The molecule has 0 radical (unpaired) electrons. The quantitative estimate of drug-likeness (QED) is 0.803. The van der Waals surface area contributed by atoms with Gasteiger partial charge in [-0.05, 0) is 41.8 Å². The Morgan fingerprint density at radius 2 is 1.76 bits per heavy atom. The summed E-state index contributed by atoms with van der Waals surface area (Å²) < 4.78 is 27.0. The van der Waals surface area contributed by atoms with Gasteiger partial charge < -0.3 is 5.11 Å². The SMILES string of the molecule is O=S(=O)(Nc1cccc(CO)c1)c1ccc(CCCl)cc1. The Morgan fingerprint density at radius 3 is 2.38 bits per heavy atom. The van der Waals surface area contributed by atoms with Crippen molar-refractivity contribution in [1.82, 2.24) is 0 Å². The topological polar surface area (TPSA) is 66.4 Å². The van der Waals surface area contributed by atoms with E-state index in [2.05, 4.69) is 4.72 Å². The highest BCUT2D eigenvalue weighted by molar-refractivity contribution is 7.92. The molecule has 21 heavy (non-hydrogen) atoms. The van der Waals surface area contributed by atoms with Crippen molar-refractivity contribution in [2.75, 3.05) is 10.6 Å². The zero-order valence-corrected chi connectivity index (χ0v) is 12.9. The van der Waals surface area contributed by atoms with E-state index < -0.39 is 10.0 Å². The summed E-state index contributed by atoms with van der Waals surface area (Å²) in [6, 6.07) is 13.3. The molecule has 0 atom stereocenters. The minimum absolute atomic E-state index is 0.136. The molecular formula is C15H16ClNO3S. The van der Waals surface area contributed by atoms with Crippen LogP contribution in [0.3, 0.4) is 0 Å². The smallest absolute Gasteiger partial charge is 0.261 e. The van der Waals surface area contributed by atoms with Crippen LogP contribution in [0.5, 0.6) is 0 Å². The van der Waals surface area contributed by atoms with Crippen LogP contribution in [0.1, 0.15) is 11.1 Å². The van der Waals surface area contributed by atoms with Gasteiger partial charge in [-0.15, -0.1) is 11.6 Å². The molecule has 4 nitrogen and oxygen atoms in total. The first kappa shape index (κ1) is 15.8. The van der Waals surface area contributed by atoms with Gasteiger partial charge in [-0.1, -0.05) is 24.3 Å². The van der Waals surface area contributed by atoms with E-state index in [0.717, 1.165) is 5.56 Å². The number of halogens is 1. The standard InChI is InChI=1S/C15H16ClNO3S/c16-9-8-12-4-6-15(7-5-12)21(19,20)17-14-3-1-2-13(10-14)11-18/h1-7,10,17-18H,8-9,11H2. The highest BCUT2D eigenvalue weighted by Gasteiger charge is 2.14. The molecule has 2 rings (SSSR count). The predicted octanol–water partition coefficient (Wildman–Crippen LogP) is 2.76. The van der Waals surface area contributed by atoms with E-state index in [1.807, 2.05) is 0 Å². The molecule has 112 valence electrons. The van der Waals surface area contributed by atoms with E-state index in [-0.39, 0.29) is 11.5 Å². The molecule has 0 bridgehead atoms. The first-order valence-corrected chi connectivity index (χ1v) is 8.44. The summed E-state index contributed by atoms with van der Waals surface area (Å²) in [6.07, 6.45) is 0.702. The van der Waals surface area contributed by atoms with E-state index in [0.29, 0.717) is 23.6 Å². The molecule has 0 aromatic heterocycles. The van der Waals surface area contributed by atoms with Gasteiger partial charge in [-0.25, -0.2) is 8.42 Å². The summed E-state index contributed by atoms with van der Waals surface area (Å²) in [6.45, 7) is -0.136. The van der Waals surface area contributed by atoms with Crippen LogP contribution in [0, 0.1) is 0 Å². The van der Waals surface area contributed by atoms with Crippen LogP contribution in [0.25, 0.3) is 0 Å². The van der Waals surface area contributed by atoms with Gasteiger partial charge in [0.25, 0.3) is 10.0 Å². The molecule has 0 heterocycles. The molecule has 0 saturated heterocycles. The second-order valence-corrected chi connectivity index (χ2v) is 6.61. The van der Waals surface area contributed by atoms with Crippen molar-refractivity contribution >= 4 is 27.3 Å². The summed E-state index contributed by atoms with van der Waals surface area (Å²) in [5.41, 5.74) is 2.06. The van der Waals surface area contributed by atoms with Crippen molar-refractivity contribution in [3.05, 3.63) is 59.7 Å². The fourth-order valence-electron chi connectivity index (χ4n) is 1.89. The molecule has 2 N–H and O–H groups in total. The Hall–Kier alpha value is -1.56. The molecule has 0 amide bonds. The van der Waals surface area contributed by atoms with Crippen LogP contribution < -0.4 is 4.72 Å². The van der Waals surface area contributed by atoms with Gasteiger partial charge >= 0.3 is 0 Å². The second kappa shape index (κ2) is 6.93. The summed E-state index contributed by atoms with van der Waals surface area (Å²) >= 11 is 5.65. The number of rotatable bonds is 6. The van der Waals surface area contributed by atoms with Crippen molar-refractivity contribution in [2.24, 2.45) is 0 Å². The number of hydrogen-bond acceptors (Lipinski definition) is 3. The third-order valence-corrected chi connectivity index (χ3v) is 4.56. The summed E-state index contributed by atoms with van der Waals surface area (Å²) in [5.74, 6) is 0.498. The first-order valence-electron chi connectivity index (χ1n) is 6.42. The van der Waals surface area contributed by atoms with Crippen molar-refractivity contribution in [2.45, 2.75) is 17.9 Å². The van der Waals surface area contributed by atoms with E-state index in [9.17, 15) is 8.42 Å². The molecule has 0 saturated carbocycles. The van der Waals surface area contributed by atoms with Crippen molar-refractivity contribution < 1.29 is 13.5 Å². The Balaban J connectivity index is 2.21. The zero-order chi connectivity index (χ0) is 15.3. The van der Waals surface area contributed by atoms with Crippen LogP contribution in [-0.2, 0) is 23.1 Å². The lowest BCUT2D eigenvalue weighted by molar-refractivity contribution is 0.282. The van der Waals surface area contributed by atoms with Gasteiger partial charge in [0.05, 0.1) is 11.5 Å². The highest BCUT2D eigenvalue weighted by Crippen LogP contribution is 2.18. The van der Waals surface area contributed by atoms with Gasteiger partial charge in [-0.3, -0.25) is 4.72 Å². The summed E-state index contributed by atoms with van der Waals surface area (Å²) in [4.78, 5) is 0.190. The number of alkyl halides is 1. The Bertz CT molecular complexity index is 699. The fraction of sp³-hybridized carbons (Fsp3) is 0.200. The van der Waals surface area contributed by atoms with Gasteiger partial charge in [0.2, 0.25) is 0 Å². The lowest BCUT2D eigenvalue weighted by atomic mass is 10.2. The zero-order valence-electron chi connectivity index (χ0n) is 11.3. The minimum Gasteiger partial charge on any atom is -0.392 e. The summed E-state index contributed by atoms with van der Waals surface area (Å²) in [5, 5.41) is 9.07. The van der Waals surface area contributed by atoms with E-state index in [1.165, 1.54) is 0 Å². The fourth-order valence-corrected chi connectivity index (χ4v) is 3.16. The van der Waals surface area contributed by atoms with E-state index in [1.54, 1.807) is 48.5 Å². The third-order valence-electron chi connectivity index (χ3n) is 2.98. The summed E-state index contributed by atoms with van der Waals surface area (Å²) in [7, 11) is -3.63. The van der Waals surface area contributed by atoms with Crippen molar-refractivity contribution in [1.29, 1.82) is 0 Å². The second-order valence-electron chi connectivity index (χ2n) is 4.55.